The van der Waals surface area contributed by atoms with Crippen molar-refractivity contribution in [3.05, 3.63) is 66.0 Å². The third-order valence-electron chi connectivity index (χ3n) is 4.66. The molecule has 0 aliphatic rings. The molecule has 2 rings (SSSR count). The van der Waals surface area contributed by atoms with E-state index in [4.69, 9.17) is 0 Å². The Morgan fingerprint density at radius 3 is 2.48 bits per heavy atom. The summed E-state index contributed by atoms with van der Waals surface area (Å²) in [7, 11) is -2.14. The van der Waals surface area contributed by atoms with Crippen molar-refractivity contribution in [2.24, 2.45) is 0 Å². The van der Waals surface area contributed by atoms with E-state index in [2.05, 4.69) is 27.1 Å². The van der Waals surface area contributed by atoms with Crippen LogP contribution in [0.4, 0.5) is 4.39 Å². The van der Waals surface area contributed by atoms with Gasteiger partial charge >= 0.3 is 0 Å². The maximum Gasteiger partial charge on any atom is 0.244 e. The summed E-state index contributed by atoms with van der Waals surface area (Å²) in [5, 5.41) is 2.80. The Morgan fingerprint density at radius 1 is 1.13 bits per heavy atom. The molecule has 0 radical (unpaired) electrons. The summed E-state index contributed by atoms with van der Waals surface area (Å²) in [5.74, 6) is -0.655. The lowest BCUT2D eigenvalue weighted by molar-refractivity contribution is -0.122. The first kappa shape index (κ1) is 25.3. The van der Waals surface area contributed by atoms with Gasteiger partial charge in [-0.1, -0.05) is 42.5 Å². The molecule has 0 aliphatic heterocycles. The topological polar surface area (TPSA) is 78.5 Å². The molecule has 1 amide bonds. The summed E-state index contributed by atoms with van der Waals surface area (Å²) in [6, 6.07) is 14.3. The van der Waals surface area contributed by atoms with E-state index in [1.165, 1.54) is 35.5 Å². The molecule has 9 heteroatoms. The maximum absolute atomic E-state index is 13.9. The molecular formula is C22H30FN3O3S2. The van der Waals surface area contributed by atoms with Gasteiger partial charge < -0.3 is 10.2 Å². The molecular weight excluding hydrogens is 437 g/mol. The quantitative estimate of drug-likeness (QED) is 0.443. The largest absolute Gasteiger partial charge is 0.355 e. The second-order valence-corrected chi connectivity index (χ2v) is 9.92. The van der Waals surface area contributed by atoms with Gasteiger partial charge in [0.15, 0.2) is 0 Å². The Kier molecular flexibility index (Phi) is 10.5. The van der Waals surface area contributed by atoms with Crippen molar-refractivity contribution in [3.8, 4) is 0 Å². The van der Waals surface area contributed by atoms with Crippen molar-refractivity contribution in [1.82, 2.24) is 14.9 Å². The minimum atomic E-state index is -4.15. The van der Waals surface area contributed by atoms with Crippen LogP contribution in [0.1, 0.15) is 18.4 Å². The number of hydrogen-bond acceptors (Lipinski definition) is 5. The van der Waals surface area contributed by atoms with Crippen LogP contribution in [-0.4, -0.2) is 57.4 Å². The Bertz CT molecular complexity index is 927. The zero-order chi connectivity index (χ0) is 22.7. The van der Waals surface area contributed by atoms with Crippen LogP contribution in [0.15, 0.2) is 59.5 Å². The van der Waals surface area contributed by atoms with Crippen molar-refractivity contribution >= 4 is 27.7 Å². The van der Waals surface area contributed by atoms with Gasteiger partial charge in [-0.15, -0.1) is 0 Å². The van der Waals surface area contributed by atoms with Crippen LogP contribution < -0.4 is 10.0 Å². The number of nitrogens with zero attached hydrogens (tertiary/aromatic N) is 1. The number of thioether (sulfide) groups is 1. The highest BCUT2D eigenvalue weighted by Gasteiger charge is 2.27. The van der Waals surface area contributed by atoms with Crippen molar-refractivity contribution in [1.29, 1.82) is 0 Å². The standard InChI is InChI=1S/C22H30FN3O3S2/c1-26(17-18-9-4-3-5-10-18)15-8-14-24-22(27)20(13-16-30-2)25-31(28,29)21-12-7-6-11-19(21)23/h3-7,9-12,20,25H,8,13-17H2,1-2H3,(H,24,27). The van der Waals surface area contributed by atoms with Crippen molar-refractivity contribution in [2.45, 2.75) is 30.3 Å². The van der Waals surface area contributed by atoms with Crippen LogP contribution in [-0.2, 0) is 21.4 Å². The smallest absolute Gasteiger partial charge is 0.244 e. The Labute approximate surface area is 188 Å². The first-order valence-corrected chi connectivity index (χ1v) is 13.0. The van der Waals surface area contributed by atoms with E-state index in [1.54, 1.807) is 0 Å². The number of nitrogens with one attached hydrogen (secondary N) is 2. The lowest BCUT2D eigenvalue weighted by atomic mass is 10.2. The molecule has 170 valence electrons. The van der Waals surface area contributed by atoms with Gasteiger partial charge in [-0.25, -0.2) is 12.8 Å². The highest BCUT2D eigenvalue weighted by molar-refractivity contribution is 7.98. The molecule has 0 saturated heterocycles. The molecule has 1 unspecified atom stereocenters. The van der Waals surface area contributed by atoms with Crippen LogP contribution in [0.2, 0.25) is 0 Å². The second-order valence-electron chi connectivity index (χ2n) is 7.25. The third-order valence-corrected chi connectivity index (χ3v) is 6.81. The lowest BCUT2D eigenvalue weighted by Gasteiger charge is -2.20. The number of hydrogen-bond donors (Lipinski definition) is 2. The number of carbonyl (C=O) groups excluding carboxylic acids is 1. The number of amides is 1. The molecule has 0 spiro atoms. The Balaban J connectivity index is 1.87. The molecule has 0 aliphatic carbocycles. The molecule has 31 heavy (non-hydrogen) atoms. The highest BCUT2D eigenvalue weighted by Crippen LogP contribution is 2.15. The third kappa shape index (κ3) is 8.60. The highest BCUT2D eigenvalue weighted by atomic mass is 32.2. The fourth-order valence-corrected chi connectivity index (χ4v) is 4.83. The van der Waals surface area contributed by atoms with E-state index in [1.807, 2.05) is 31.5 Å². The van der Waals surface area contributed by atoms with Crippen molar-refractivity contribution in [2.75, 3.05) is 32.1 Å². The average molecular weight is 468 g/mol. The van der Waals surface area contributed by atoms with Gasteiger partial charge in [0, 0.05) is 13.1 Å². The van der Waals surface area contributed by atoms with Gasteiger partial charge in [-0.05, 0) is 56.1 Å². The summed E-state index contributed by atoms with van der Waals surface area (Å²) in [6.45, 7) is 2.02. The summed E-state index contributed by atoms with van der Waals surface area (Å²) in [6.07, 6.45) is 2.92. The Morgan fingerprint density at radius 2 is 1.81 bits per heavy atom. The zero-order valence-corrected chi connectivity index (χ0v) is 19.5. The van der Waals surface area contributed by atoms with Crippen LogP contribution in [0.3, 0.4) is 0 Å². The molecule has 0 fully saturated rings. The number of rotatable bonds is 13. The normalized spacial score (nSPS) is 12.6. The summed E-state index contributed by atoms with van der Waals surface area (Å²) >= 11 is 1.51. The van der Waals surface area contributed by atoms with E-state index in [0.717, 1.165) is 25.6 Å². The molecule has 0 bridgehead atoms. The molecule has 6 nitrogen and oxygen atoms in total. The molecule has 0 heterocycles. The predicted octanol–water partition coefficient (Wildman–Crippen LogP) is 2.86. The van der Waals surface area contributed by atoms with E-state index in [-0.39, 0.29) is 0 Å². The van der Waals surface area contributed by atoms with Gasteiger partial charge in [0.25, 0.3) is 0 Å². The second kappa shape index (κ2) is 12.8. The molecule has 2 aromatic carbocycles. The average Bonchev–Trinajstić information content (AvgIpc) is 2.75. The van der Waals surface area contributed by atoms with Crippen molar-refractivity contribution in [3.63, 3.8) is 0 Å². The molecule has 1 atom stereocenters. The van der Waals surface area contributed by atoms with Crippen molar-refractivity contribution < 1.29 is 17.6 Å². The van der Waals surface area contributed by atoms with E-state index < -0.39 is 32.7 Å². The molecule has 0 saturated carbocycles. The Hall–Kier alpha value is -1.94. The van der Waals surface area contributed by atoms with Gasteiger partial charge in [-0.2, -0.15) is 16.5 Å². The maximum atomic E-state index is 13.9. The molecule has 2 N–H and O–H groups in total. The fourth-order valence-electron chi connectivity index (χ4n) is 3.05. The molecule has 0 aromatic heterocycles. The number of sulfonamides is 1. The van der Waals surface area contributed by atoms with E-state index >= 15 is 0 Å². The zero-order valence-electron chi connectivity index (χ0n) is 17.9. The van der Waals surface area contributed by atoms with E-state index in [0.29, 0.717) is 18.7 Å². The summed E-state index contributed by atoms with van der Waals surface area (Å²) < 4.78 is 41.5. The number of halogens is 1. The fraction of sp³-hybridized carbons (Fsp3) is 0.409. The first-order valence-electron chi connectivity index (χ1n) is 10.1. The van der Waals surface area contributed by atoms with Gasteiger partial charge in [0.2, 0.25) is 15.9 Å². The van der Waals surface area contributed by atoms with Crippen LogP contribution >= 0.6 is 11.8 Å². The number of carbonyl (C=O) groups is 1. The van der Waals surface area contributed by atoms with Crippen LogP contribution in [0, 0.1) is 5.82 Å². The summed E-state index contributed by atoms with van der Waals surface area (Å²) in [4.78, 5) is 14.3. The van der Waals surface area contributed by atoms with Gasteiger partial charge in [0.05, 0.1) is 0 Å². The minimum absolute atomic E-state index is 0.314. The lowest BCUT2D eigenvalue weighted by Crippen LogP contribution is -2.47. The minimum Gasteiger partial charge on any atom is -0.355 e. The SMILES string of the molecule is CSCCC(NS(=O)(=O)c1ccccc1F)C(=O)NCCCN(C)Cc1ccccc1. The van der Waals surface area contributed by atoms with E-state index in [9.17, 15) is 17.6 Å². The first-order chi connectivity index (χ1) is 14.8. The van der Waals surface area contributed by atoms with Gasteiger partial charge in [-0.3, -0.25) is 4.79 Å². The molecule has 2 aromatic rings. The monoisotopic (exact) mass is 467 g/mol. The van der Waals surface area contributed by atoms with Gasteiger partial charge in [0.1, 0.15) is 16.8 Å². The van der Waals surface area contributed by atoms with Crippen LogP contribution in [0.5, 0.6) is 0 Å². The predicted molar refractivity (Wildman–Crippen MR) is 124 cm³/mol. The summed E-state index contributed by atoms with van der Waals surface area (Å²) in [5.41, 5.74) is 1.22. The van der Waals surface area contributed by atoms with Crippen LogP contribution in [0.25, 0.3) is 0 Å². The number of benzene rings is 2.